The molecule has 1 aromatic heterocycles. The van der Waals surface area contributed by atoms with Crippen LogP contribution in [-0.4, -0.2) is 23.8 Å². The molecule has 35 heavy (non-hydrogen) atoms. The molecule has 0 fully saturated rings. The second-order valence-electron chi connectivity index (χ2n) is 7.85. The van der Waals surface area contributed by atoms with Crippen LogP contribution in [0.25, 0.3) is 6.08 Å². The van der Waals surface area contributed by atoms with Crippen LogP contribution in [0.5, 0.6) is 5.75 Å². The van der Waals surface area contributed by atoms with Crippen LogP contribution in [0.2, 0.25) is 0 Å². The van der Waals surface area contributed by atoms with E-state index in [0.717, 1.165) is 16.7 Å². The average Bonchev–Trinajstić information content (AvgIpc) is 3.12. The Hall–Kier alpha value is -3.48. The topological polar surface area (TPSA) is 93.7 Å². The number of aryl methyl sites for hydroxylation is 1. The second kappa shape index (κ2) is 10.4. The number of allylic oxidation sites excluding steroid dienone is 1. The predicted octanol–water partition coefficient (Wildman–Crippen LogP) is 3.77. The lowest BCUT2D eigenvalue weighted by Crippen LogP contribution is -2.39. The van der Waals surface area contributed by atoms with Gasteiger partial charge in [0.25, 0.3) is 5.56 Å². The van der Waals surface area contributed by atoms with Gasteiger partial charge in [0, 0.05) is 0 Å². The molecule has 178 valence electrons. The quantitative estimate of drug-likeness (QED) is 0.434. The lowest BCUT2D eigenvalue weighted by atomic mass is 9.95. The maximum Gasteiger partial charge on any atom is 0.338 e. The number of hydrogen-bond acceptors (Lipinski definition) is 7. The Morgan fingerprint density at radius 3 is 2.66 bits per heavy atom. The van der Waals surface area contributed by atoms with Gasteiger partial charge in [0.15, 0.2) is 11.4 Å². The van der Waals surface area contributed by atoms with Gasteiger partial charge in [-0.05, 0) is 66.0 Å². The number of thiazole rings is 1. The van der Waals surface area contributed by atoms with Crippen molar-refractivity contribution in [1.29, 1.82) is 5.26 Å². The Bertz CT molecular complexity index is 1550. The first-order chi connectivity index (χ1) is 16.8. The molecule has 2 aromatic carbocycles. The predicted molar refractivity (Wildman–Crippen MR) is 137 cm³/mol. The van der Waals surface area contributed by atoms with E-state index in [-0.39, 0.29) is 18.8 Å². The van der Waals surface area contributed by atoms with Crippen LogP contribution in [-0.2, 0) is 9.53 Å². The minimum atomic E-state index is -0.637. The molecule has 3 aromatic rings. The fourth-order valence-electron chi connectivity index (χ4n) is 3.84. The molecule has 4 rings (SSSR count). The number of benzene rings is 2. The number of ether oxygens (including phenoxy) is 2. The van der Waals surface area contributed by atoms with E-state index in [1.807, 2.05) is 49.4 Å². The highest BCUT2D eigenvalue weighted by molar-refractivity contribution is 9.10. The monoisotopic (exact) mass is 551 g/mol. The molecule has 0 radical (unpaired) electrons. The number of fused-ring (bicyclic) bond motifs is 1. The van der Waals surface area contributed by atoms with Gasteiger partial charge in [-0.2, -0.15) is 5.26 Å². The number of carbonyl (C=O) groups excluding carboxylic acids is 1. The van der Waals surface area contributed by atoms with Crippen LogP contribution in [0.4, 0.5) is 0 Å². The molecule has 1 aliphatic rings. The second-order valence-corrected chi connectivity index (χ2v) is 9.71. The Morgan fingerprint density at radius 2 is 2.00 bits per heavy atom. The van der Waals surface area contributed by atoms with E-state index >= 15 is 0 Å². The summed E-state index contributed by atoms with van der Waals surface area (Å²) >= 11 is 4.71. The summed E-state index contributed by atoms with van der Waals surface area (Å²) in [4.78, 5) is 31.7. The van der Waals surface area contributed by atoms with Gasteiger partial charge in [-0.1, -0.05) is 47.2 Å². The van der Waals surface area contributed by atoms with E-state index in [1.54, 1.807) is 30.6 Å². The third kappa shape index (κ3) is 4.99. The van der Waals surface area contributed by atoms with Crippen molar-refractivity contribution in [2.45, 2.75) is 26.8 Å². The maximum atomic E-state index is 13.6. The van der Waals surface area contributed by atoms with Gasteiger partial charge in [-0.3, -0.25) is 9.36 Å². The van der Waals surface area contributed by atoms with Crippen LogP contribution in [0.3, 0.4) is 0 Å². The summed E-state index contributed by atoms with van der Waals surface area (Å²) in [5, 5.41) is 8.72. The van der Waals surface area contributed by atoms with Crippen molar-refractivity contribution in [1.82, 2.24) is 4.57 Å². The molecule has 2 heterocycles. The Balaban J connectivity index is 1.87. The molecule has 0 spiro atoms. The molecular formula is C26H22BrN3O4S. The van der Waals surface area contributed by atoms with Crippen molar-refractivity contribution in [2.75, 3.05) is 13.2 Å². The number of nitriles is 1. The highest BCUT2D eigenvalue weighted by atomic mass is 79.9. The average molecular weight is 552 g/mol. The van der Waals surface area contributed by atoms with Gasteiger partial charge < -0.3 is 9.47 Å². The number of aromatic nitrogens is 1. The number of esters is 1. The van der Waals surface area contributed by atoms with E-state index in [9.17, 15) is 9.59 Å². The standard InChI is InChI=1S/C26H22BrN3O4S/c1-4-33-25(32)22-16(3)29-26-30(23(22)18-8-5-15(2)6-9-18)24(31)21(35-26)14-17-7-10-20(19(27)13-17)34-12-11-28/h5-10,13-14,23H,4,12H2,1-3H3/b21-14+/t23-/m1/s1. The lowest BCUT2D eigenvalue weighted by molar-refractivity contribution is -0.139. The third-order valence-corrected chi connectivity index (χ3v) is 7.06. The summed E-state index contributed by atoms with van der Waals surface area (Å²) in [5.41, 5.74) is 3.31. The zero-order valence-electron chi connectivity index (χ0n) is 19.4. The fraction of sp³-hybridized carbons (Fsp3) is 0.231. The molecule has 1 aliphatic heterocycles. The first kappa shape index (κ1) is 24.6. The van der Waals surface area contributed by atoms with Gasteiger partial charge in [0.1, 0.15) is 11.8 Å². The van der Waals surface area contributed by atoms with Crippen LogP contribution < -0.4 is 19.6 Å². The van der Waals surface area contributed by atoms with Gasteiger partial charge in [-0.15, -0.1) is 0 Å². The molecule has 7 nitrogen and oxygen atoms in total. The lowest BCUT2D eigenvalue weighted by Gasteiger charge is -2.24. The minimum absolute atomic E-state index is 0.0578. The molecule has 0 unspecified atom stereocenters. The molecule has 0 saturated heterocycles. The molecule has 1 atom stereocenters. The number of halogens is 1. The van der Waals surface area contributed by atoms with E-state index < -0.39 is 12.0 Å². The van der Waals surface area contributed by atoms with E-state index in [4.69, 9.17) is 14.7 Å². The molecule has 0 amide bonds. The highest BCUT2D eigenvalue weighted by Gasteiger charge is 2.33. The number of hydrogen-bond donors (Lipinski definition) is 0. The van der Waals surface area contributed by atoms with Crippen molar-refractivity contribution in [3.8, 4) is 11.8 Å². The van der Waals surface area contributed by atoms with Crippen molar-refractivity contribution in [3.05, 3.63) is 94.6 Å². The van der Waals surface area contributed by atoms with E-state index in [1.165, 1.54) is 11.3 Å². The van der Waals surface area contributed by atoms with Crippen molar-refractivity contribution >= 4 is 39.3 Å². The van der Waals surface area contributed by atoms with Gasteiger partial charge in [0.05, 0.1) is 32.9 Å². The van der Waals surface area contributed by atoms with Crippen molar-refractivity contribution in [3.63, 3.8) is 0 Å². The normalized spacial score (nSPS) is 15.3. The van der Waals surface area contributed by atoms with Crippen molar-refractivity contribution < 1.29 is 14.3 Å². The van der Waals surface area contributed by atoms with Gasteiger partial charge in [0.2, 0.25) is 0 Å². The van der Waals surface area contributed by atoms with Crippen LogP contribution in [0.1, 0.15) is 36.6 Å². The highest BCUT2D eigenvalue weighted by Crippen LogP contribution is 2.31. The molecule has 9 heteroatoms. The Morgan fingerprint density at radius 1 is 1.26 bits per heavy atom. The Labute approximate surface area is 214 Å². The van der Waals surface area contributed by atoms with E-state index in [2.05, 4.69) is 20.9 Å². The number of nitrogens with zero attached hydrogens (tertiary/aromatic N) is 3. The summed E-state index contributed by atoms with van der Waals surface area (Å²) in [6.45, 7) is 5.67. The summed E-state index contributed by atoms with van der Waals surface area (Å²) in [6.07, 6.45) is 1.78. The van der Waals surface area contributed by atoms with Crippen molar-refractivity contribution in [2.24, 2.45) is 4.99 Å². The molecule has 0 bridgehead atoms. The molecule has 0 saturated carbocycles. The Kier molecular flexibility index (Phi) is 7.34. The first-order valence-electron chi connectivity index (χ1n) is 10.9. The SMILES string of the molecule is CCOC(=O)C1=C(C)N=c2s/c(=C/c3ccc(OCC#N)c(Br)c3)c(=O)n2[C@@H]1c1ccc(C)cc1. The van der Waals surface area contributed by atoms with Crippen LogP contribution in [0.15, 0.2) is 68.0 Å². The molecule has 0 N–H and O–H groups in total. The third-order valence-electron chi connectivity index (χ3n) is 5.46. The zero-order chi connectivity index (χ0) is 25.1. The van der Waals surface area contributed by atoms with Crippen LogP contribution in [0, 0.1) is 18.3 Å². The fourth-order valence-corrected chi connectivity index (χ4v) is 5.40. The summed E-state index contributed by atoms with van der Waals surface area (Å²) in [6, 6.07) is 14.4. The smallest absolute Gasteiger partial charge is 0.338 e. The minimum Gasteiger partial charge on any atom is -0.478 e. The van der Waals surface area contributed by atoms with Crippen LogP contribution >= 0.6 is 27.3 Å². The van der Waals surface area contributed by atoms with Gasteiger partial charge in [-0.25, -0.2) is 9.79 Å². The zero-order valence-corrected chi connectivity index (χ0v) is 21.8. The number of carbonyl (C=O) groups is 1. The first-order valence-corrected chi connectivity index (χ1v) is 12.5. The van der Waals surface area contributed by atoms with Gasteiger partial charge >= 0.3 is 5.97 Å². The number of rotatable bonds is 6. The maximum absolute atomic E-state index is 13.6. The summed E-state index contributed by atoms with van der Waals surface area (Å²) in [7, 11) is 0. The summed E-state index contributed by atoms with van der Waals surface area (Å²) < 4.78 is 13.4. The molecule has 0 aliphatic carbocycles. The largest absolute Gasteiger partial charge is 0.478 e. The molecular weight excluding hydrogens is 530 g/mol. The summed E-state index contributed by atoms with van der Waals surface area (Å²) in [5.74, 6) is 0.0599. The van der Waals surface area contributed by atoms with E-state index in [0.29, 0.717) is 30.8 Å².